The summed E-state index contributed by atoms with van der Waals surface area (Å²) in [6.07, 6.45) is 1.52. The molecule has 0 bridgehead atoms. The highest BCUT2D eigenvalue weighted by atomic mass is 16.5. The van der Waals surface area contributed by atoms with Crippen molar-refractivity contribution < 1.29 is 19.2 Å². The van der Waals surface area contributed by atoms with Crippen LogP contribution in [0.1, 0.15) is 25.5 Å². The first-order valence-electron chi connectivity index (χ1n) is 9.06. The van der Waals surface area contributed by atoms with Crippen LogP contribution >= 0.6 is 0 Å². The van der Waals surface area contributed by atoms with Crippen molar-refractivity contribution in [3.8, 4) is 11.3 Å². The number of nitrogens with zero attached hydrogens (tertiary/aromatic N) is 2. The van der Waals surface area contributed by atoms with Crippen molar-refractivity contribution in [2.45, 2.75) is 38.4 Å². The first kappa shape index (κ1) is 18.9. The highest BCUT2D eigenvalue weighted by Crippen LogP contribution is 2.25. The molecule has 27 heavy (non-hydrogen) atoms. The average molecular weight is 372 g/mol. The molecule has 2 aromatic rings. The Kier molecular flexibility index (Phi) is 6.08. The van der Waals surface area contributed by atoms with Gasteiger partial charge in [0.05, 0.1) is 13.1 Å². The molecule has 3 rings (SSSR count). The Morgan fingerprint density at radius 1 is 1.30 bits per heavy atom. The molecule has 0 radical (unpaired) electrons. The topological polar surface area (TPSA) is 108 Å². The number of carbonyl (C=O) groups excluding carboxylic acids is 1. The zero-order valence-electron chi connectivity index (χ0n) is 15.2. The lowest BCUT2D eigenvalue weighted by molar-refractivity contribution is -0.139. The Hall–Kier alpha value is -2.87. The molecule has 0 spiro atoms. The van der Waals surface area contributed by atoms with E-state index in [-0.39, 0.29) is 31.2 Å². The number of carbonyl (C=O) groups is 2. The van der Waals surface area contributed by atoms with E-state index < -0.39 is 5.97 Å². The number of carboxylic acids is 1. The number of nitrogens with one attached hydrogen (secondary N) is 2. The lowest BCUT2D eigenvalue weighted by Gasteiger charge is -2.42. The summed E-state index contributed by atoms with van der Waals surface area (Å²) in [5.41, 5.74) is 1.58. The fourth-order valence-corrected chi connectivity index (χ4v) is 3.22. The van der Waals surface area contributed by atoms with Crippen LogP contribution in [-0.2, 0) is 11.3 Å². The summed E-state index contributed by atoms with van der Waals surface area (Å²) in [6, 6.07) is 11.5. The molecule has 1 aliphatic rings. The summed E-state index contributed by atoms with van der Waals surface area (Å²) in [5.74, 6) is -0.166. The number of rotatable bonds is 8. The molecule has 1 saturated carbocycles. The third-order valence-electron chi connectivity index (χ3n) is 4.76. The number of aromatic nitrogens is 1. The van der Waals surface area contributed by atoms with Crippen molar-refractivity contribution in [1.29, 1.82) is 0 Å². The maximum Gasteiger partial charge on any atom is 0.317 e. The van der Waals surface area contributed by atoms with Crippen LogP contribution in [-0.4, -0.2) is 52.3 Å². The molecular weight excluding hydrogens is 348 g/mol. The van der Waals surface area contributed by atoms with Crippen molar-refractivity contribution in [2.24, 2.45) is 0 Å². The predicted molar refractivity (Wildman–Crippen MR) is 99.0 cm³/mol. The minimum absolute atomic E-state index is 0.0377. The normalized spacial score (nSPS) is 18.7. The number of urea groups is 1. The number of hydrogen-bond donors (Lipinski definition) is 3. The van der Waals surface area contributed by atoms with Gasteiger partial charge < -0.3 is 20.3 Å². The van der Waals surface area contributed by atoms with Crippen LogP contribution in [0.15, 0.2) is 40.9 Å². The average Bonchev–Trinajstić information content (AvgIpc) is 3.10. The minimum Gasteiger partial charge on any atom is -0.480 e. The van der Waals surface area contributed by atoms with E-state index in [9.17, 15) is 9.59 Å². The van der Waals surface area contributed by atoms with Gasteiger partial charge in [-0.15, -0.1) is 0 Å². The number of hydrogen-bond acceptors (Lipinski definition) is 5. The quantitative estimate of drug-likeness (QED) is 0.655. The fourth-order valence-electron chi connectivity index (χ4n) is 3.22. The van der Waals surface area contributed by atoms with Gasteiger partial charge in [0.2, 0.25) is 0 Å². The first-order chi connectivity index (χ1) is 13.0. The van der Waals surface area contributed by atoms with E-state index in [1.165, 1.54) is 0 Å². The molecule has 1 aromatic heterocycles. The van der Waals surface area contributed by atoms with Gasteiger partial charge in [-0.1, -0.05) is 42.4 Å². The number of carboxylic acid groups (broad SMARTS) is 1. The van der Waals surface area contributed by atoms with Gasteiger partial charge in [0.25, 0.3) is 0 Å². The third kappa shape index (κ3) is 5.07. The fraction of sp³-hybridized carbons (Fsp3) is 0.421. The Balaban J connectivity index is 1.40. The van der Waals surface area contributed by atoms with Gasteiger partial charge in [0.15, 0.2) is 5.76 Å². The Labute approximate surface area is 157 Å². The summed E-state index contributed by atoms with van der Waals surface area (Å²) < 4.78 is 5.31. The van der Waals surface area contributed by atoms with Gasteiger partial charge in [0, 0.05) is 23.7 Å². The van der Waals surface area contributed by atoms with Crippen molar-refractivity contribution in [1.82, 2.24) is 20.7 Å². The predicted octanol–water partition coefficient (Wildman–Crippen LogP) is 2.08. The number of benzene rings is 1. The summed E-state index contributed by atoms with van der Waals surface area (Å²) >= 11 is 0. The van der Waals surface area contributed by atoms with Crippen LogP contribution in [0.25, 0.3) is 11.3 Å². The van der Waals surface area contributed by atoms with Crippen LogP contribution in [0.4, 0.5) is 4.79 Å². The summed E-state index contributed by atoms with van der Waals surface area (Å²) in [6.45, 7) is 2.94. The van der Waals surface area contributed by atoms with Gasteiger partial charge in [-0.05, 0) is 19.4 Å². The van der Waals surface area contributed by atoms with Gasteiger partial charge in [-0.25, -0.2) is 4.79 Å². The van der Waals surface area contributed by atoms with Crippen molar-refractivity contribution in [3.63, 3.8) is 0 Å². The molecule has 1 fully saturated rings. The molecule has 0 aliphatic heterocycles. The number of amides is 2. The number of aliphatic carboxylic acids is 1. The van der Waals surface area contributed by atoms with Crippen molar-refractivity contribution in [2.75, 3.05) is 13.1 Å². The maximum absolute atomic E-state index is 12.0. The molecule has 1 aromatic carbocycles. The highest BCUT2D eigenvalue weighted by molar-refractivity contribution is 5.74. The molecule has 2 amide bonds. The monoisotopic (exact) mass is 372 g/mol. The van der Waals surface area contributed by atoms with E-state index >= 15 is 0 Å². The molecule has 0 unspecified atom stereocenters. The zero-order valence-corrected chi connectivity index (χ0v) is 15.2. The molecular formula is C19H24N4O4. The maximum atomic E-state index is 12.0. The van der Waals surface area contributed by atoms with E-state index in [2.05, 4.69) is 15.8 Å². The van der Waals surface area contributed by atoms with Crippen molar-refractivity contribution in [3.05, 3.63) is 42.1 Å². The Morgan fingerprint density at radius 2 is 2.04 bits per heavy atom. The van der Waals surface area contributed by atoms with E-state index in [0.29, 0.717) is 18.0 Å². The van der Waals surface area contributed by atoms with E-state index in [0.717, 1.165) is 18.4 Å². The molecule has 144 valence electrons. The second-order valence-electron chi connectivity index (χ2n) is 6.65. The van der Waals surface area contributed by atoms with E-state index in [4.69, 9.17) is 9.63 Å². The first-order valence-corrected chi connectivity index (χ1v) is 9.06. The largest absolute Gasteiger partial charge is 0.480 e. The van der Waals surface area contributed by atoms with E-state index in [1.54, 1.807) is 6.07 Å². The van der Waals surface area contributed by atoms with Gasteiger partial charge in [-0.2, -0.15) is 0 Å². The van der Waals surface area contributed by atoms with Crippen molar-refractivity contribution >= 4 is 12.0 Å². The van der Waals surface area contributed by atoms with Crippen LogP contribution in [0.5, 0.6) is 0 Å². The highest BCUT2D eigenvalue weighted by Gasteiger charge is 2.34. The van der Waals surface area contributed by atoms with Gasteiger partial charge in [-0.3, -0.25) is 9.69 Å². The minimum atomic E-state index is -0.825. The molecule has 8 nitrogen and oxygen atoms in total. The lowest BCUT2D eigenvalue weighted by atomic mass is 9.85. The van der Waals surface area contributed by atoms with Crippen LogP contribution in [0.2, 0.25) is 0 Å². The van der Waals surface area contributed by atoms with Crippen LogP contribution < -0.4 is 10.6 Å². The smallest absolute Gasteiger partial charge is 0.317 e. The second kappa shape index (κ2) is 8.68. The second-order valence-corrected chi connectivity index (χ2v) is 6.65. The SMILES string of the molecule is CCN(CC(=O)O)C1CC(NC(=O)NCc2cc(-c3ccccc3)on2)C1. The molecule has 0 saturated heterocycles. The van der Waals surface area contributed by atoms with Gasteiger partial charge >= 0.3 is 12.0 Å². The molecule has 3 N–H and O–H groups in total. The summed E-state index contributed by atoms with van der Waals surface area (Å²) in [4.78, 5) is 24.8. The lowest BCUT2D eigenvalue weighted by Crippen LogP contribution is -2.56. The van der Waals surface area contributed by atoms with E-state index in [1.807, 2.05) is 42.2 Å². The molecule has 8 heteroatoms. The summed E-state index contributed by atoms with van der Waals surface area (Å²) in [7, 11) is 0. The molecule has 1 heterocycles. The Morgan fingerprint density at radius 3 is 2.70 bits per heavy atom. The number of likely N-dealkylation sites (N-methyl/N-ethyl adjacent to an activating group) is 1. The third-order valence-corrected chi connectivity index (χ3v) is 4.76. The molecule has 1 aliphatic carbocycles. The van der Waals surface area contributed by atoms with Gasteiger partial charge in [0.1, 0.15) is 5.69 Å². The van der Waals surface area contributed by atoms with Crippen LogP contribution in [0, 0.1) is 0 Å². The zero-order chi connectivity index (χ0) is 19.2. The standard InChI is InChI=1S/C19H24N4O4/c1-2-23(12-18(24)25)16-8-14(9-16)21-19(26)20-11-15-10-17(27-22-15)13-6-4-3-5-7-13/h3-7,10,14,16H,2,8-9,11-12H2,1H3,(H,24,25)(H2,20,21,26). The molecule has 0 atom stereocenters. The summed E-state index contributed by atoms with van der Waals surface area (Å²) in [5, 5.41) is 18.6. The Bertz CT molecular complexity index is 771. The van der Waals surface area contributed by atoms with Crippen LogP contribution in [0.3, 0.4) is 0 Å².